The minimum absolute atomic E-state index is 0.00766. The number of unbranched alkanes of at least 4 members (excludes halogenated alkanes) is 2. The second-order valence-corrected chi connectivity index (χ2v) is 18.2. The van der Waals surface area contributed by atoms with Gasteiger partial charge in [0, 0.05) is 57.2 Å². The predicted molar refractivity (Wildman–Crippen MR) is 209 cm³/mol. The lowest BCUT2D eigenvalue weighted by molar-refractivity contribution is -0.158. The molecule has 4 saturated carbocycles. The molecule has 8 rings (SSSR count). The SMILES string of the molecule is C[C@@]12CCC(=O)C[C@H]1CC[C@H]1[C@H]2CC[C@]2(C)[C@@H]1CC[C@]2(O)CCCCCC(=O)N1CCN(C(=O)c2cc(Cc3n[nH]c(=O)c4ccccc34)ccc2F)CC1. The third-order valence-corrected chi connectivity index (χ3v) is 15.6. The second-order valence-electron chi connectivity index (χ2n) is 18.2. The predicted octanol–water partition coefficient (Wildman–Crippen LogP) is 7.23. The first-order valence-electron chi connectivity index (χ1n) is 21.0. The molecule has 0 spiro atoms. The Balaban J connectivity index is 0.795. The molecule has 55 heavy (non-hydrogen) atoms. The topological polar surface area (TPSA) is 124 Å². The van der Waals surface area contributed by atoms with Crippen molar-refractivity contribution in [2.24, 2.45) is 34.5 Å². The Bertz CT molecular complexity index is 2030. The average Bonchev–Trinajstić information content (AvgIpc) is 3.46. The number of hydrogen-bond donors (Lipinski definition) is 2. The van der Waals surface area contributed by atoms with Gasteiger partial charge in [-0.15, -0.1) is 0 Å². The molecule has 1 aliphatic heterocycles. The summed E-state index contributed by atoms with van der Waals surface area (Å²) in [6, 6.07) is 11.7. The highest BCUT2D eigenvalue weighted by molar-refractivity contribution is 5.95. The number of rotatable bonds is 9. The first-order chi connectivity index (χ1) is 26.4. The molecule has 1 saturated heterocycles. The van der Waals surface area contributed by atoms with Crippen LogP contribution in [0.25, 0.3) is 10.8 Å². The number of ketones is 1. The Morgan fingerprint density at radius 3 is 2.44 bits per heavy atom. The monoisotopic (exact) mass is 752 g/mol. The largest absolute Gasteiger partial charge is 0.389 e. The number of nitrogens with zero attached hydrogens (tertiary/aromatic N) is 3. The number of nitrogens with one attached hydrogen (secondary N) is 1. The number of fused-ring (bicyclic) bond motifs is 6. The van der Waals surface area contributed by atoms with Gasteiger partial charge in [0.15, 0.2) is 0 Å². The third-order valence-electron chi connectivity index (χ3n) is 15.6. The molecule has 294 valence electrons. The fraction of sp³-hybridized carbons (Fsp3) is 0.622. The van der Waals surface area contributed by atoms with Crippen LogP contribution in [0.1, 0.15) is 125 Å². The van der Waals surface area contributed by atoms with Gasteiger partial charge in [-0.1, -0.05) is 51.0 Å². The van der Waals surface area contributed by atoms with Crippen molar-refractivity contribution in [3.8, 4) is 0 Å². The van der Waals surface area contributed by atoms with Crippen LogP contribution in [0.2, 0.25) is 0 Å². The van der Waals surface area contributed by atoms with Crippen LogP contribution >= 0.6 is 0 Å². The van der Waals surface area contributed by atoms with E-state index in [1.165, 1.54) is 18.9 Å². The average molecular weight is 753 g/mol. The first-order valence-corrected chi connectivity index (χ1v) is 21.0. The number of Topliss-reactive ketones (excluding diaryl/α,β-unsaturated/α-hetero) is 1. The maximum absolute atomic E-state index is 15.0. The molecule has 2 N–H and O–H groups in total. The van der Waals surface area contributed by atoms with Gasteiger partial charge in [0.25, 0.3) is 11.5 Å². The standard InChI is InChI=1S/C45H57FN4O5/c1-43-19-15-31(51)28-30(43)12-13-34-36(43)16-20-44(2)37(34)17-21-45(44,55)18-7-3-4-10-40(52)49-22-24-50(25-23-49)42(54)35-26-29(11-14-38(35)46)27-39-32-8-5-6-9-33(32)41(53)48-47-39/h5-6,8-9,11,14,26,30,34,36-37,55H,3-4,7,10,12-13,15-25,27-28H2,1-2H3,(H,48,53)/t30-,34+,36-,37-,43-,44-,45-/m1/s1. The molecule has 2 aromatic carbocycles. The van der Waals surface area contributed by atoms with E-state index in [4.69, 9.17) is 0 Å². The van der Waals surface area contributed by atoms with Crippen LogP contribution in [0.3, 0.4) is 0 Å². The van der Waals surface area contributed by atoms with E-state index in [-0.39, 0.29) is 27.9 Å². The molecule has 4 aliphatic carbocycles. The Morgan fingerprint density at radius 1 is 0.891 bits per heavy atom. The van der Waals surface area contributed by atoms with Crippen molar-refractivity contribution in [3.63, 3.8) is 0 Å². The van der Waals surface area contributed by atoms with E-state index in [2.05, 4.69) is 24.0 Å². The number of carbonyl (C=O) groups is 3. The third kappa shape index (κ3) is 6.84. The lowest BCUT2D eigenvalue weighted by Crippen LogP contribution is -2.56. The molecular formula is C45H57FN4O5. The van der Waals surface area contributed by atoms with E-state index in [0.717, 1.165) is 70.6 Å². The van der Waals surface area contributed by atoms with E-state index in [0.29, 0.717) is 90.5 Å². The minimum atomic E-state index is -0.651. The summed E-state index contributed by atoms with van der Waals surface area (Å²) in [5.41, 5.74) is 0.630. The van der Waals surface area contributed by atoms with E-state index in [9.17, 15) is 28.7 Å². The van der Waals surface area contributed by atoms with Crippen LogP contribution in [0.4, 0.5) is 4.39 Å². The highest BCUT2D eigenvalue weighted by Crippen LogP contribution is 2.68. The number of benzene rings is 2. The van der Waals surface area contributed by atoms with Gasteiger partial charge in [0.1, 0.15) is 11.6 Å². The zero-order valence-electron chi connectivity index (χ0n) is 32.6. The lowest BCUT2D eigenvalue weighted by Gasteiger charge is -2.61. The molecule has 2 amide bonds. The number of carbonyl (C=O) groups excluding carboxylic acids is 3. The van der Waals surface area contributed by atoms with Gasteiger partial charge in [0.2, 0.25) is 5.91 Å². The molecule has 10 heteroatoms. The van der Waals surface area contributed by atoms with Gasteiger partial charge >= 0.3 is 0 Å². The zero-order chi connectivity index (χ0) is 38.5. The normalized spacial score (nSPS) is 31.9. The molecule has 3 aromatic rings. The maximum Gasteiger partial charge on any atom is 0.272 e. The van der Waals surface area contributed by atoms with Gasteiger partial charge in [-0.2, -0.15) is 5.10 Å². The second kappa shape index (κ2) is 14.9. The van der Waals surface area contributed by atoms with Crippen LogP contribution in [-0.2, 0) is 16.0 Å². The van der Waals surface area contributed by atoms with Crippen LogP contribution in [0.15, 0.2) is 47.3 Å². The lowest BCUT2D eigenvalue weighted by atomic mass is 9.44. The summed E-state index contributed by atoms with van der Waals surface area (Å²) in [6.07, 6.45) is 13.3. The van der Waals surface area contributed by atoms with Crippen molar-refractivity contribution in [3.05, 3.63) is 75.5 Å². The Hall–Kier alpha value is -3.92. The molecule has 1 aromatic heterocycles. The van der Waals surface area contributed by atoms with Crippen LogP contribution in [0, 0.1) is 40.3 Å². The summed E-state index contributed by atoms with van der Waals surface area (Å²) in [4.78, 5) is 54.6. The first kappa shape index (κ1) is 38.0. The van der Waals surface area contributed by atoms with E-state index >= 15 is 0 Å². The molecule has 2 heterocycles. The number of aliphatic hydroxyl groups is 1. The molecule has 0 bridgehead atoms. The molecule has 5 aliphatic rings. The van der Waals surface area contributed by atoms with Crippen molar-refractivity contribution in [2.45, 2.75) is 116 Å². The van der Waals surface area contributed by atoms with Gasteiger partial charge < -0.3 is 14.9 Å². The van der Waals surface area contributed by atoms with Crippen molar-refractivity contribution in [1.82, 2.24) is 20.0 Å². The number of amides is 2. The van der Waals surface area contributed by atoms with Crippen LogP contribution in [0.5, 0.6) is 0 Å². The number of hydrogen-bond acceptors (Lipinski definition) is 6. The van der Waals surface area contributed by atoms with Crippen molar-refractivity contribution in [1.29, 1.82) is 0 Å². The number of piperazine rings is 1. The molecule has 0 radical (unpaired) electrons. The molecule has 7 atom stereocenters. The van der Waals surface area contributed by atoms with Gasteiger partial charge in [-0.05, 0) is 116 Å². The summed E-state index contributed by atoms with van der Waals surface area (Å²) in [5.74, 6) is 1.99. The van der Waals surface area contributed by atoms with E-state index < -0.39 is 17.3 Å². The summed E-state index contributed by atoms with van der Waals surface area (Å²) < 4.78 is 15.0. The quantitative estimate of drug-likeness (QED) is 0.223. The Kier molecular flexibility index (Phi) is 10.3. The summed E-state index contributed by atoms with van der Waals surface area (Å²) >= 11 is 0. The summed E-state index contributed by atoms with van der Waals surface area (Å²) in [6.45, 7) is 6.35. The molecular weight excluding hydrogens is 696 g/mol. The van der Waals surface area contributed by atoms with E-state index in [1.54, 1.807) is 29.2 Å². The number of aromatic amines is 1. The summed E-state index contributed by atoms with van der Waals surface area (Å²) in [7, 11) is 0. The molecule has 0 unspecified atom stereocenters. The fourth-order valence-electron chi connectivity index (χ4n) is 12.3. The summed E-state index contributed by atoms with van der Waals surface area (Å²) in [5, 5.41) is 20.2. The minimum Gasteiger partial charge on any atom is -0.389 e. The zero-order valence-corrected chi connectivity index (χ0v) is 32.6. The van der Waals surface area contributed by atoms with Gasteiger partial charge in [-0.3, -0.25) is 19.2 Å². The highest BCUT2D eigenvalue weighted by atomic mass is 19.1. The van der Waals surface area contributed by atoms with Crippen LogP contribution in [-0.4, -0.2) is 74.5 Å². The highest BCUT2D eigenvalue weighted by Gasteiger charge is 2.64. The van der Waals surface area contributed by atoms with Crippen molar-refractivity contribution in [2.75, 3.05) is 26.2 Å². The van der Waals surface area contributed by atoms with Crippen LogP contribution < -0.4 is 5.56 Å². The smallest absolute Gasteiger partial charge is 0.272 e. The number of halogens is 1. The Morgan fingerprint density at radius 2 is 1.64 bits per heavy atom. The molecule has 9 nitrogen and oxygen atoms in total. The van der Waals surface area contributed by atoms with Crippen molar-refractivity contribution < 1.29 is 23.9 Å². The van der Waals surface area contributed by atoms with Gasteiger partial charge in [0.05, 0.1) is 22.2 Å². The number of aromatic nitrogens is 2. The molecule has 5 fully saturated rings. The number of H-pyrrole nitrogens is 1. The fourth-order valence-corrected chi connectivity index (χ4v) is 12.3. The maximum atomic E-state index is 15.0. The van der Waals surface area contributed by atoms with Gasteiger partial charge in [-0.25, -0.2) is 9.49 Å². The Labute approximate surface area is 323 Å². The van der Waals surface area contributed by atoms with Crippen molar-refractivity contribution >= 4 is 28.4 Å². The van der Waals surface area contributed by atoms with E-state index in [1.807, 2.05) is 17.0 Å².